The van der Waals surface area contributed by atoms with Gasteiger partial charge in [0, 0.05) is 11.6 Å². The zero-order valence-electron chi connectivity index (χ0n) is 6.04. The summed E-state index contributed by atoms with van der Waals surface area (Å²) in [5.41, 5.74) is -0.860. The van der Waals surface area contributed by atoms with Gasteiger partial charge in [0.2, 0.25) is 5.95 Å². The predicted octanol–water partition coefficient (Wildman–Crippen LogP) is 1.58. The largest absolute Gasteiger partial charge is 0.327 e. The highest BCUT2D eigenvalue weighted by Crippen LogP contribution is 2.20. The zero-order valence-corrected chi connectivity index (χ0v) is 6.04. The Labute approximate surface area is 66.0 Å². The van der Waals surface area contributed by atoms with Gasteiger partial charge < -0.3 is 0 Å². The maximum atomic E-state index is 12.6. The summed E-state index contributed by atoms with van der Waals surface area (Å²) in [6.45, 7) is 1.24. The molecule has 1 heterocycles. The lowest BCUT2D eigenvalue weighted by Crippen LogP contribution is -2.00. The van der Waals surface area contributed by atoms with Crippen LogP contribution in [0.25, 0.3) is 0 Å². The fourth-order valence-electron chi connectivity index (χ4n) is 0.808. The van der Waals surface area contributed by atoms with E-state index in [1.165, 1.54) is 6.92 Å². The van der Waals surface area contributed by atoms with Gasteiger partial charge in [-0.25, -0.2) is 0 Å². The van der Waals surface area contributed by atoms with E-state index < -0.39 is 22.5 Å². The molecule has 0 atom stereocenters. The van der Waals surface area contributed by atoms with Crippen molar-refractivity contribution in [3.05, 3.63) is 33.6 Å². The van der Waals surface area contributed by atoms with Gasteiger partial charge in [-0.3, -0.25) is 10.1 Å². The van der Waals surface area contributed by atoms with Crippen LogP contribution in [-0.2, 0) is 0 Å². The minimum Gasteiger partial charge on any atom is -0.258 e. The molecule has 1 rings (SSSR count). The average Bonchev–Trinajstić information content (AvgIpc) is 1.82. The van der Waals surface area contributed by atoms with Crippen LogP contribution < -0.4 is 0 Å². The molecular weight excluding hydrogens is 170 g/mol. The van der Waals surface area contributed by atoms with E-state index in [2.05, 4.69) is 4.98 Å². The Balaban J connectivity index is 3.38. The summed E-state index contributed by atoms with van der Waals surface area (Å²) in [6, 6.07) is 0.807. The van der Waals surface area contributed by atoms with Gasteiger partial charge in [0.25, 0.3) is 5.95 Å². The number of hydrogen-bond acceptors (Lipinski definition) is 3. The molecule has 0 N–H and O–H groups in total. The van der Waals surface area contributed by atoms with Gasteiger partial charge in [0.15, 0.2) is 0 Å². The molecule has 64 valence electrons. The molecule has 0 bridgehead atoms. The molecule has 6 heteroatoms. The molecule has 0 aliphatic heterocycles. The minimum absolute atomic E-state index is 0.0787. The standard InChI is InChI=1S/C6H4F2N2O2/c1-3-2-4(7)9-6(8)5(3)10(11)12/h2H,1H3. The van der Waals surface area contributed by atoms with E-state index in [4.69, 9.17) is 0 Å². The third-order valence-electron chi connectivity index (χ3n) is 1.29. The quantitative estimate of drug-likeness (QED) is 0.369. The van der Waals surface area contributed by atoms with Crippen LogP contribution in [0.4, 0.5) is 14.5 Å². The number of aryl methyl sites for hydroxylation is 1. The highest BCUT2D eigenvalue weighted by Gasteiger charge is 2.20. The van der Waals surface area contributed by atoms with Crippen molar-refractivity contribution in [3.63, 3.8) is 0 Å². The van der Waals surface area contributed by atoms with Crippen LogP contribution in [0.15, 0.2) is 6.07 Å². The summed E-state index contributed by atoms with van der Waals surface area (Å²) in [6.07, 6.45) is 0. The second-order valence-electron chi connectivity index (χ2n) is 2.16. The van der Waals surface area contributed by atoms with Crippen LogP contribution in [-0.4, -0.2) is 9.91 Å². The molecule has 0 saturated heterocycles. The minimum atomic E-state index is -1.39. The first-order chi connectivity index (χ1) is 5.52. The van der Waals surface area contributed by atoms with Gasteiger partial charge in [-0.05, 0) is 6.92 Å². The highest BCUT2D eigenvalue weighted by molar-refractivity contribution is 5.36. The summed E-state index contributed by atoms with van der Waals surface area (Å²) < 4.78 is 24.9. The van der Waals surface area contributed by atoms with Gasteiger partial charge >= 0.3 is 5.69 Å². The van der Waals surface area contributed by atoms with Crippen molar-refractivity contribution in [2.45, 2.75) is 6.92 Å². The lowest BCUT2D eigenvalue weighted by molar-refractivity contribution is -0.388. The third kappa shape index (κ3) is 1.36. The third-order valence-corrected chi connectivity index (χ3v) is 1.29. The second kappa shape index (κ2) is 2.80. The number of nitrogens with zero attached hydrogens (tertiary/aromatic N) is 2. The zero-order chi connectivity index (χ0) is 9.30. The molecular formula is C6H4F2N2O2. The lowest BCUT2D eigenvalue weighted by atomic mass is 10.2. The lowest BCUT2D eigenvalue weighted by Gasteiger charge is -1.96. The fraction of sp³-hybridized carbons (Fsp3) is 0.167. The van der Waals surface area contributed by atoms with Crippen LogP contribution in [0.2, 0.25) is 0 Å². The van der Waals surface area contributed by atoms with Crippen molar-refractivity contribution in [2.75, 3.05) is 0 Å². The smallest absolute Gasteiger partial charge is 0.258 e. The molecule has 0 saturated carbocycles. The Morgan fingerprint density at radius 1 is 1.58 bits per heavy atom. The topological polar surface area (TPSA) is 56.0 Å². The first kappa shape index (κ1) is 8.51. The summed E-state index contributed by atoms with van der Waals surface area (Å²) in [7, 11) is 0. The molecule has 0 fully saturated rings. The van der Waals surface area contributed by atoms with E-state index in [-0.39, 0.29) is 5.56 Å². The molecule has 12 heavy (non-hydrogen) atoms. The number of pyridine rings is 1. The SMILES string of the molecule is Cc1cc(F)nc(F)c1[N+](=O)[O-]. The van der Waals surface area contributed by atoms with Crippen LogP contribution >= 0.6 is 0 Å². The monoisotopic (exact) mass is 174 g/mol. The van der Waals surface area contributed by atoms with Crippen LogP contribution in [0.1, 0.15) is 5.56 Å². The van der Waals surface area contributed by atoms with Gasteiger partial charge in [0.1, 0.15) is 0 Å². The van der Waals surface area contributed by atoms with Gasteiger partial charge in [-0.2, -0.15) is 13.8 Å². The molecule has 0 aliphatic rings. The number of halogens is 2. The van der Waals surface area contributed by atoms with Crippen LogP contribution in [0.3, 0.4) is 0 Å². The predicted molar refractivity (Wildman–Crippen MR) is 35.5 cm³/mol. The van der Waals surface area contributed by atoms with E-state index in [1.807, 2.05) is 0 Å². The second-order valence-corrected chi connectivity index (χ2v) is 2.16. The van der Waals surface area contributed by atoms with E-state index in [1.54, 1.807) is 0 Å². The summed E-state index contributed by atoms with van der Waals surface area (Å²) >= 11 is 0. The van der Waals surface area contributed by atoms with Crippen molar-refractivity contribution in [2.24, 2.45) is 0 Å². The van der Waals surface area contributed by atoms with Crippen molar-refractivity contribution in [1.29, 1.82) is 0 Å². The van der Waals surface area contributed by atoms with Crippen LogP contribution in [0.5, 0.6) is 0 Å². The maximum absolute atomic E-state index is 12.6. The van der Waals surface area contributed by atoms with Crippen molar-refractivity contribution < 1.29 is 13.7 Å². The fourth-order valence-corrected chi connectivity index (χ4v) is 0.808. The number of nitro groups is 1. The maximum Gasteiger partial charge on any atom is 0.327 e. The normalized spacial score (nSPS) is 9.92. The number of aromatic nitrogens is 1. The van der Waals surface area contributed by atoms with Crippen LogP contribution in [0, 0.1) is 28.9 Å². The molecule has 1 aromatic rings. The Bertz CT molecular complexity index is 317. The first-order valence-electron chi connectivity index (χ1n) is 2.99. The van der Waals surface area contributed by atoms with E-state index in [0.29, 0.717) is 0 Å². The Morgan fingerprint density at radius 3 is 2.58 bits per heavy atom. The summed E-state index contributed by atoms with van der Waals surface area (Å²) in [5, 5.41) is 10.2. The van der Waals surface area contributed by atoms with E-state index >= 15 is 0 Å². The van der Waals surface area contributed by atoms with Gasteiger partial charge in [-0.1, -0.05) is 0 Å². The summed E-state index contributed by atoms with van der Waals surface area (Å²) in [5.74, 6) is -2.45. The number of rotatable bonds is 1. The molecule has 0 amide bonds. The van der Waals surface area contributed by atoms with E-state index in [0.717, 1.165) is 6.07 Å². The Kier molecular flexibility index (Phi) is 1.99. The van der Waals surface area contributed by atoms with Crippen molar-refractivity contribution in [3.8, 4) is 0 Å². The molecule has 0 aromatic carbocycles. The average molecular weight is 174 g/mol. The van der Waals surface area contributed by atoms with E-state index in [9.17, 15) is 18.9 Å². The molecule has 1 aromatic heterocycles. The van der Waals surface area contributed by atoms with Crippen molar-refractivity contribution in [1.82, 2.24) is 4.98 Å². The summed E-state index contributed by atoms with van der Waals surface area (Å²) in [4.78, 5) is 11.9. The first-order valence-corrected chi connectivity index (χ1v) is 2.99. The molecule has 0 unspecified atom stereocenters. The molecule has 0 aliphatic carbocycles. The number of hydrogen-bond donors (Lipinski definition) is 0. The molecule has 0 spiro atoms. The van der Waals surface area contributed by atoms with Gasteiger partial charge in [-0.15, -0.1) is 0 Å². The highest BCUT2D eigenvalue weighted by atomic mass is 19.1. The Hall–Kier alpha value is -1.59. The molecule has 0 radical (unpaired) electrons. The molecule has 4 nitrogen and oxygen atoms in total. The Morgan fingerprint density at radius 2 is 2.17 bits per heavy atom. The van der Waals surface area contributed by atoms with Gasteiger partial charge in [0.05, 0.1) is 4.92 Å². The van der Waals surface area contributed by atoms with Crippen molar-refractivity contribution >= 4 is 5.69 Å².